The molecular weight excluding hydrogens is 843 g/mol. The molecule has 0 bridgehead atoms. The summed E-state index contributed by atoms with van der Waals surface area (Å²) >= 11 is 0. The minimum Gasteiger partial charge on any atom is -0.741 e. The number of hydrogen-bond donors (Lipinski definition) is 6. The maximum absolute atomic E-state index is 11.9. The second-order valence-corrected chi connectivity index (χ2v) is 11.3. The van der Waals surface area contributed by atoms with E-state index in [4.69, 9.17) is 35.4 Å². The van der Waals surface area contributed by atoms with Crippen molar-refractivity contribution in [1.82, 2.24) is 30.8 Å². The van der Waals surface area contributed by atoms with Crippen molar-refractivity contribution in [2.75, 3.05) is 14.2 Å². The number of aliphatic hydroxyl groups is 1. The Morgan fingerprint density at radius 3 is 1.45 bits per heavy atom. The van der Waals surface area contributed by atoms with Crippen molar-refractivity contribution in [3.63, 3.8) is 0 Å². The molecule has 2 aliphatic carbocycles. The predicted molar refractivity (Wildman–Crippen MR) is 137 cm³/mol. The summed E-state index contributed by atoms with van der Waals surface area (Å²) < 4.78 is 127. The molecule has 268 valence electrons. The van der Waals surface area contributed by atoms with Crippen LogP contribution in [0.5, 0.6) is 0 Å². The number of hydrogen-bond acceptors (Lipinski definition) is 16. The molecule has 25 heteroatoms. The van der Waals surface area contributed by atoms with Gasteiger partial charge in [0.1, 0.15) is 0 Å². The predicted octanol–water partition coefficient (Wildman–Crippen LogP) is 2.91. The van der Waals surface area contributed by atoms with E-state index < -0.39 is 60.6 Å². The van der Waals surface area contributed by atoms with E-state index in [1.54, 1.807) is 0 Å². The third-order valence-electron chi connectivity index (χ3n) is 5.43. The zero-order valence-electron chi connectivity index (χ0n) is 24.0. The molecule has 2 rings (SSSR count). The number of methoxy groups -OCH3 is 2. The Labute approximate surface area is 263 Å². The van der Waals surface area contributed by atoms with Crippen molar-refractivity contribution < 1.29 is 96.2 Å². The summed E-state index contributed by atoms with van der Waals surface area (Å²) in [6.45, 7) is 3.94. The van der Waals surface area contributed by atoms with Crippen LogP contribution >= 0.6 is 0 Å². The number of alkyl halides is 6. The van der Waals surface area contributed by atoms with Gasteiger partial charge in [-0.3, -0.25) is 9.59 Å². The Bertz CT molecular complexity index is 1110. The van der Waals surface area contributed by atoms with Crippen LogP contribution in [-0.2, 0) is 59.1 Å². The van der Waals surface area contributed by atoms with Crippen LogP contribution in [0.25, 0.3) is 0 Å². The van der Waals surface area contributed by atoms with Gasteiger partial charge in [-0.25, -0.2) is 16.8 Å². The van der Waals surface area contributed by atoms with Crippen LogP contribution in [0.3, 0.4) is 0 Å². The first kappa shape index (κ1) is 57.8. The molecule has 1 saturated carbocycles. The van der Waals surface area contributed by atoms with E-state index in [1.165, 1.54) is 14.2 Å². The van der Waals surface area contributed by atoms with Crippen LogP contribution in [0, 0.1) is 17.3 Å². The maximum atomic E-state index is 11.9. The average molecular weight is 882 g/mol. The van der Waals surface area contributed by atoms with E-state index in [0.29, 0.717) is 6.42 Å². The molecule has 0 aromatic carbocycles. The number of ether oxygens (including phenoxy) is 2. The molecule has 3 atom stereocenters. The number of carbonyl (C=O) groups is 2. The average Bonchev–Trinajstić information content (AvgIpc) is 2.72. The molecule has 2 aliphatic rings. The van der Waals surface area contributed by atoms with Gasteiger partial charge in [0.25, 0.3) is 0 Å². The number of fused-ring (bicyclic) bond motifs is 1. The van der Waals surface area contributed by atoms with Crippen LogP contribution in [0.4, 0.5) is 26.3 Å². The normalized spacial score (nSPS) is 22.0. The van der Waals surface area contributed by atoms with Gasteiger partial charge in [0.2, 0.25) is 0 Å². The van der Waals surface area contributed by atoms with Crippen LogP contribution in [0.15, 0.2) is 23.8 Å². The molecule has 0 aliphatic heterocycles. The molecule has 1 fully saturated rings. The fourth-order valence-electron chi connectivity index (χ4n) is 3.31. The molecule has 0 unspecified atom stereocenters. The molecule has 0 aromatic rings. The van der Waals surface area contributed by atoms with E-state index in [-0.39, 0.29) is 56.0 Å². The minimum atomic E-state index is -6.09. The van der Waals surface area contributed by atoms with Crippen LogP contribution in [0.1, 0.15) is 33.1 Å². The van der Waals surface area contributed by atoms with E-state index in [1.807, 2.05) is 25.2 Å². The standard InChI is InChI=1S/C17H24O5.2CHF3O3S.5H3N.Os/c1-16-6-5-11(13(14(18)21-3)15(19)22-4)9-12(16)10-17(2,20)8-7-16;2*2-1(3,4)8(5,6)7;;;;;;/h5-6,9,11,13,20H,7-8,10H2,1-4H3;2*(H,5,6,7);5*1H3;/q;;;;;;;;+2/p-2/t11-,16-,17+;;;;;;;;/m0......../s1. The number of allylic oxidation sites excluding steroid dienone is 3. The van der Waals surface area contributed by atoms with Crippen molar-refractivity contribution in [1.29, 1.82) is 0 Å². The first-order valence-corrected chi connectivity index (χ1v) is 12.9. The van der Waals surface area contributed by atoms with Crippen molar-refractivity contribution >= 4 is 32.2 Å². The topological polar surface area (TPSA) is 362 Å². The summed E-state index contributed by atoms with van der Waals surface area (Å²) in [6.07, 6.45) is 7.96. The van der Waals surface area contributed by atoms with Gasteiger partial charge in [0, 0.05) is 11.3 Å². The largest absolute Gasteiger partial charge is 2.00 e. The second-order valence-electron chi connectivity index (χ2n) is 8.54. The van der Waals surface area contributed by atoms with Crippen molar-refractivity contribution in [3.05, 3.63) is 23.8 Å². The van der Waals surface area contributed by atoms with E-state index in [9.17, 15) is 41.0 Å². The quantitative estimate of drug-likeness (QED) is 0.0592. The van der Waals surface area contributed by atoms with Crippen molar-refractivity contribution in [2.24, 2.45) is 17.3 Å². The Balaban J connectivity index is -0.000000106. The summed E-state index contributed by atoms with van der Waals surface area (Å²) in [7, 11) is -9.67. The van der Waals surface area contributed by atoms with Crippen molar-refractivity contribution in [2.45, 2.75) is 49.7 Å². The smallest absolute Gasteiger partial charge is 0.741 e. The van der Waals surface area contributed by atoms with Gasteiger partial charge in [-0.2, -0.15) is 26.3 Å². The maximum Gasteiger partial charge on any atom is 2.00 e. The zero-order chi connectivity index (χ0) is 30.5. The Kier molecular flexibility index (Phi) is 26.8. The van der Waals surface area contributed by atoms with Gasteiger partial charge >= 0.3 is 42.7 Å². The van der Waals surface area contributed by atoms with Crippen LogP contribution in [-0.4, -0.2) is 73.8 Å². The minimum absolute atomic E-state index is 0. The van der Waals surface area contributed by atoms with Gasteiger partial charge in [-0.05, 0) is 26.2 Å². The van der Waals surface area contributed by atoms with Gasteiger partial charge in [-0.1, -0.05) is 30.7 Å². The molecule has 0 radical (unpaired) electrons. The summed E-state index contributed by atoms with van der Waals surface area (Å²) in [5.74, 6) is -2.62. The summed E-state index contributed by atoms with van der Waals surface area (Å²) in [6, 6.07) is 0. The Morgan fingerprint density at radius 2 is 1.18 bits per heavy atom. The van der Waals surface area contributed by atoms with Crippen LogP contribution < -0.4 is 30.8 Å². The number of esters is 2. The van der Waals surface area contributed by atoms with Gasteiger partial charge < -0.3 is 54.4 Å². The third kappa shape index (κ3) is 17.1. The van der Waals surface area contributed by atoms with Crippen molar-refractivity contribution in [3.8, 4) is 0 Å². The molecule has 0 heterocycles. The van der Waals surface area contributed by atoms with E-state index >= 15 is 0 Å². The first-order chi connectivity index (χ1) is 16.7. The Morgan fingerprint density at radius 1 is 0.864 bits per heavy atom. The Hall–Kier alpha value is -1.78. The molecule has 0 aromatic heterocycles. The van der Waals surface area contributed by atoms with Gasteiger partial charge in [0.05, 0.1) is 19.8 Å². The zero-order valence-corrected chi connectivity index (χ0v) is 28.2. The van der Waals surface area contributed by atoms with Gasteiger partial charge in [0.15, 0.2) is 26.2 Å². The van der Waals surface area contributed by atoms with Crippen LogP contribution in [0.2, 0.25) is 0 Å². The molecule has 0 amide bonds. The molecule has 44 heavy (non-hydrogen) atoms. The molecule has 0 spiro atoms. The third-order valence-corrected chi connectivity index (χ3v) is 6.56. The van der Waals surface area contributed by atoms with Gasteiger partial charge in [-0.15, -0.1) is 0 Å². The SMILES string of the molecule is COC(=O)C(C(=O)OC)[C@H]1C=C[C@@]2(C)CC[C@@](C)(O)CC2=C1.N.N.N.N.N.O=S(=O)([O-])C(F)(F)F.O=S(=O)([O-])C(F)(F)F.[Os+2]. The molecule has 16 N–H and O–H groups in total. The second kappa shape index (κ2) is 20.4. The fraction of sp³-hybridized carbons (Fsp3) is 0.684. The summed E-state index contributed by atoms with van der Waals surface area (Å²) in [5, 5.41) is 10.3. The first-order valence-electron chi connectivity index (χ1n) is 10.1. The number of rotatable bonds is 3. The monoisotopic (exact) mass is 883 g/mol. The van der Waals surface area contributed by atoms with E-state index in [2.05, 4.69) is 6.92 Å². The van der Waals surface area contributed by atoms with E-state index in [0.717, 1.165) is 18.4 Å². The summed E-state index contributed by atoms with van der Waals surface area (Å²) in [4.78, 5) is 23.9. The molecule has 0 saturated heterocycles. The molecular formula is C19H39F6N5O11OsS2. The fourth-order valence-corrected chi connectivity index (χ4v) is 3.31. The molecule has 16 nitrogen and oxygen atoms in total. The number of carbonyl (C=O) groups excluding carboxylic acids is 2. The number of halogens is 6. The summed E-state index contributed by atoms with van der Waals surface area (Å²) in [5.41, 5.74) is -11.1.